The molecular weight excluding hydrogens is 240 g/mol. The second-order valence-electron chi connectivity index (χ2n) is 3.08. The Hall–Kier alpha value is -2.26. The molecule has 0 saturated heterocycles. The molecule has 0 saturated carbocycles. The average Bonchev–Trinajstić information content (AvgIpc) is 2.77. The summed E-state index contributed by atoms with van der Waals surface area (Å²) in [6.45, 7) is 0. The van der Waals surface area contributed by atoms with Crippen molar-refractivity contribution in [2.75, 3.05) is 0 Å². The fraction of sp³-hybridized carbons (Fsp3) is 0. The Bertz CT molecular complexity index is 584. The highest BCUT2D eigenvalue weighted by Crippen LogP contribution is 2.30. The van der Waals surface area contributed by atoms with E-state index in [2.05, 4.69) is 0 Å². The van der Waals surface area contributed by atoms with E-state index in [9.17, 15) is 10.1 Å². The summed E-state index contributed by atoms with van der Waals surface area (Å²) in [4.78, 5) is 10.8. The molecule has 5 nitrogen and oxygen atoms in total. The van der Waals surface area contributed by atoms with Gasteiger partial charge in [0.05, 0.1) is 4.92 Å². The Morgan fingerprint density at radius 1 is 1.24 bits per heavy atom. The summed E-state index contributed by atoms with van der Waals surface area (Å²) in [6, 6.07) is 11.3. The minimum atomic E-state index is -0.449. The summed E-state index contributed by atoms with van der Waals surface area (Å²) >= 11 is 1.30. The molecule has 6 heteroatoms. The Labute approximate surface area is 101 Å². The quantitative estimate of drug-likeness (QED) is 0.613. The molecule has 1 heterocycles. The van der Waals surface area contributed by atoms with Crippen LogP contribution in [0.4, 0.5) is 5.69 Å². The topological polar surface area (TPSA) is 80.1 Å². The third-order valence-corrected chi connectivity index (χ3v) is 2.89. The third-order valence-electron chi connectivity index (χ3n) is 1.96. The molecule has 0 aliphatic carbocycles. The van der Waals surface area contributed by atoms with Gasteiger partial charge in [0.15, 0.2) is 5.09 Å². The lowest BCUT2D eigenvalue weighted by atomic mass is 10.3. The van der Waals surface area contributed by atoms with E-state index >= 15 is 0 Å². The minimum absolute atomic E-state index is 0.0477. The minimum Gasteiger partial charge on any atom is -0.439 e. The van der Waals surface area contributed by atoms with E-state index in [1.54, 1.807) is 24.3 Å². The zero-order valence-corrected chi connectivity index (χ0v) is 9.31. The number of rotatable bonds is 3. The van der Waals surface area contributed by atoms with Crippen LogP contribution in [0, 0.1) is 21.4 Å². The van der Waals surface area contributed by atoms with E-state index in [1.165, 1.54) is 23.9 Å². The van der Waals surface area contributed by atoms with Crippen molar-refractivity contribution >= 4 is 17.4 Å². The summed E-state index contributed by atoms with van der Waals surface area (Å²) in [7, 11) is 0. The lowest BCUT2D eigenvalue weighted by Crippen LogP contribution is -1.86. The van der Waals surface area contributed by atoms with Gasteiger partial charge in [-0.3, -0.25) is 10.1 Å². The van der Waals surface area contributed by atoms with E-state index in [1.807, 2.05) is 6.07 Å². The molecule has 0 unspecified atom stereocenters. The molecule has 84 valence electrons. The van der Waals surface area contributed by atoms with E-state index in [4.69, 9.17) is 9.68 Å². The van der Waals surface area contributed by atoms with Gasteiger partial charge in [-0.15, -0.1) is 0 Å². The van der Waals surface area contributed by atoms with E-state index in [0.29, 0.717) is 5.09 Å². The van der Waals surface area contributed by atoms with Crippen molar-refractivity contribution in [2.24, 2.45) is 0 Å². The fourth-order valence-electron chi connectivity index (χ4n) is 1.19. The number of furan rings is 1. The molecule has 0 aliphatic heterocycles. The summed E-state index contributed by atoms with van der Waals surface area (Å²) in [5.41, 5.74) is 0.0477. The predicted molar refractivity (Wildman–Crippen MR) is 60.6 cm³/mol. The summed E-state index contributed by atoms with van der Waals surface area (Å²) in [5, 5.41) is 19.6. The van der Waals surface area contributed by atoms with Gasteiger partial charge in [0, 0.05) is 17.0 Å². The number of nitro groups is 1. The first kappa shape index (κ1) is 11.2. The lowest BCUT2D eigenvalue weighted by Gasteiger charge is -1.97. The number of benzene rings is 1. The van der Waals surface area contributed by atoms with Crippen LogP contribution in [0.3, 0.4) is 0 Å². The van der Waals surface area contributed by atoms with Gasteiger partial charge in [-0.2, -0.15) is 5.26 Å². The second kappa shape index (κ2) is 4.72. The van der Waals surface area contributed by atoms with Crippen LogP contribution in [0.25, 0.3) is 0 Å². The molecule has 0 amide bonds. The highest BCUT2D eigenvalue weighted by Gasteiger charge is 2.07. The predicted octanol–water partition coefficient (Wildman–Crippen LogP) is 3.21. The Kier molecular flexibility index (Phi) is 3.12. The second-order valence-corrected chi connectivity index (χ2v) is 4.16. The number of hydrogen-bond acceptors (Lipinski definition) is 5. The standard InChI is InChI=1S/C11H6N2O3S/c12-7-9-3-6-11(16-9)17-10-4-1-8(2-5-10)13(14)15/h1-6H. The first-order valence-electron chi connectivity index (χ1n) is 4.61. The van der Waals surface area contributed by atoms with Crippen LogP contribution in [0.5, 0.6) is 0 Å². The highest BCUT2D eigenvalue weighted by atomic mass is 32.2. The molecule has 0 aliphatic rings. The van der Waals surface area contributed by atoms with E-state index in [0.717, 1.165) is 4.90 Å². The zero-order chi connectivity index (χ0) is 12.3. The van der Waals surface area contributed by atoms with Crippen LogP contribution >= 0.6 is 11.8 Å². The first-order chi connectivity index (χ1) is 8.19. The number of non-ortho nitro benzene ring substituents is 1. The van der Waals surface area contributed by atoms with Crippen LogP contribution in [0.2, 0.25) is 0 Å². The van der Waals surface area contributed by atoms with Gasteiger partial charge >= 0.3 is 0 Å². The smallest absolute Gasteiger partial charge is 0.269 e. The first-order valence-corrected chi connectivity index (χ1v) is 5.43. The Balaban J connectivity index is 2.14. The zero-order valence-electron chi connectivity index (χ0n) is 8.49. The SMILES string of the molecule is N#Cc1ccc(Sc2ccc([N+](=O)[O-])cc2)o1. The van der Waals surface area contributed by atoms with E-state index in [-0.39, 0.29) is 11.4 Å². The molecule has 1 aromatic carbocycles. The van der Waals surface area contributed by atoms with Gasteiger partial charge < -0.3 is 4.42 Å². The monoisotopic (exact) mass is 246 g/mol. The normalized spacial score (nSPS) is 9.82. The van der Waals surface area contributed by atoms with Gasteiger partial charge in [0.1, 0.15) is 6.07 Å². The van der Waals surface area contributed by atoms with Crippen molar-refractivity contribution < 1.29 is 9.34 Å². The summed E-state index contributed by atoms with van der Waals surface area (Å²) < 4.78 is 5.18. The molecule has 0 bridgehead atoms. The average molecular weight is 246 g/mol. The van der Waals surface area contributed by atoms with Gasteiger partial charge in [-0.25, -0.2) is 0 Å². The molecule has 0 fully saturated rings. The molecule has 2 rings (SSSR count). The number of nitro benzene ring substituents is 1. The number of nitriles is 1. The summed E-state index contributed by atoms with van der Waals surface area (Å²) in [5.74, 6) is 0.245. The molecular formula is C11H6N2O3S. The summed E-state index contributed by atoms with van der Waals surface area (Å²) in [6.07, 6.45) is 0. The molecule has 0 N–H and O–H groups in total. The van der Waals surface area contributed by atoms with Crippen molar-refractivity contribution in [1.82, 2.24) is 0 Å². The van der Waals surface area contributed by atoms with Crippen LogP contribution in [0.1, 0.15) is 5.76 Å². The molecule has 2 aromatic rings. The van der Waals surface area contributed by atoms with Crippen molar-refractivity contribution in [1.29, 1.82) is 5.26 Å². The highest BCUT2D eigenvalue weighted by molar-refractivity contribution is 7.99. The molecule has 0 radical (unpaired) electrons. The maximum atomic E-state index is 10.5. The van der Waals surface area contributed by atoms with Gasteiger partial charge in [0.2, 0.25) is 5.76 Å². The van der Waals surface area contributed by atoms with Gasteiger partial charge in [-0.1, -0.05) is 11.8 Å². The van der Waals surface area contributed by atoms with Gasteiger partial charge in [-0.05, 0) is 24.3 Å². The van der Waals surface area contributed by atoms with Crippen molar-refractivity contribution in [2.45, 2.75) is 9.99 Å². The Morgan fingerprint density at radius 2 is 1.94 bits per heavy atom. The number of nitrogens with zero attached hydrogens (tertiary/aromatic N) is 2. The maximum absolute atomic E-state index is 10.5. The van der Waals surface area contributed by atoms with Crippen molar-refractivity contribution in [3.8, 4) is 6.07 Å². The maximum Gasteiger partial charge on any atom is 0.269 e. The van der Waals surface area contributed by atoms with Crippen LogP contribution in [-0.2, 0) is 0 Å². The van der Waals surface area contributed by atoms with Gasteiger partial charge in [0.25, 0.3) is 5.69 Å². The Morgan fingerprint density at radius 3 is 2.47 bits per heavy atom. The van der Waals surface area contributed by atoms with Crippen molar-refractivity contribution in [3.05, 3.63) is 52.3 Å². The molecule has 17 heavy (non-hydrogen) atoms. The fourth-order valence-corrected chi connectivity index (χ4v) is 1.96. The van der Waals surface area contributed by atoms with Crippen LogP contribution in [-0.4, -0.2) is 4.92 Å². The number of hydrogen-bond donors (Lipinski definition) is 0. The largest absolute Gasteiger partial charge is 0.439 e. The lowest BCUT2D eigenvalue weighted by molar-refractivity contribution is -0.384. The molecule has 1 aromatic heterocycles. The van der Waals surface area contributed by atoms with E-state index < -0.39 is 4.92 Å². The van der Waals surface area contributed by atoms with Crippen molar-refractivity contribution in [3.63, 3.8) is 0 Å². The third kappa shape index (κ3) is 2.65. The van der Waals surface area contributed by atoms with Crippen LogP contribution in [0.15, 0.2) is 50.8 Å². The molecule has 0 atom stereocenters. The van der Waals surface area contributed by atoms with Crippen LogP contribution < -0.4 is 0 Å². The molecule has 0 spiro atoms.